The van der Waals surface area contributed by atoms with E-state index in [0.29, 0.717) is 17.6 Å². The molecule has 1 saturated heterocycles. The number of epoxide rings is 1. The van der Waals surface area contributed by atoms with Crippen molar-refractivity contribution in [1.82, 2.24) is 0 Å². The molecule has 1 heterocycles. The van der Waals surface area contributed by atoms with Crippen LogP contribution in [0.25, 0.3) is 0 Å². The third kappa shape index (κ3) is 7.11. The van der Waals surface area contributed by atoms with Crippen molar-refractivity contribution in [2.75, 3.05) is 0 Å². The number of hydrogen-bond acceptors (Lipinski definition) is 5. The van der Waals surface area contributed by atoms with Gasteiger partial charge in [-0.2, -0.15) is 5.26 Å². The van der Waals surface area contributed by atoms with Crippen LogP contribution in [0.3, 0.4) is 0 Å². The first-order chi connectivity index (χ1) is 13.9. The lowest BCUT2D eigenvalue weighted by molar-refractivity contribution is -0.149. The fraction of sp³-hybridized carbons (Fsp3) is 0.560. The van der Waals surface area contributed by atoms with Gasteiger partial charge in [0.2, 0.25) is 11.4 Å². The molecule has 1 fully saturated rings. The first kappa shape index (κ1) is 25.6. The molecule has 0 amide bonds. The standard InChI is InChI=1S/C25H35NO4/c1-9-20(23(28)30-24(6,7)8)15-18(4)13-11-10-12-14-19(5)21(27)25(16-26)22(29-25)17(2)3/h9,11,13-15,17,22H,10,12H2,1-8H3/b13-11+,18-15+,19-14+,20-9+/t22-,25+/m1/s1. The Bertz CT molecular complexity index is 815. The third-order valence-corrected chi connectivity index (χ3v) is 4.62. The molecule has 0 aromatic rings. The van der Waals surface area contributed by atoms with Gasteiger partial charge in [0.05, 0.1) is 5.57 Å². The summed E-state index contributed by atoms with van der Waals surface area (Å²) in [6, 6.07) is 2.05. The van der Waals surface area contributed by atoms with Crippen molar-refractivity contribution in [3.8, 4) is 6.07 Å². The van der Waals surface area contributed by atoms with Crippen LogP contribution in [0.15, 0.2) is 47.1 Å². The Labute approximate surface area is 181 Å². The third-order valence-electron chi connectivity index (χ3n) is 4.62. The zero-order valence-corrected chi connectivity index (χ0v) is 19.5. The fourth-order valence-electron chi connectivity index (χ4n) is 3.04. The number of nitrogens with zero attached hydrogens (tertiary/aromatic N) is 1. The number of ketones is 1. The molecule has 0 unspecified atom stereocenters. The average Bonchev–Trinajstić information content (AvgIpc) is 3.40. The molecule has 1 rings (SSSR count). The first-order valence-electron chi connectivity index (χ1n) is 10.4. The summed E-state index contributed by atoms with van der Waals surface area (Å²) in [6.45, 7) is 14.9. The number of Topliss-reactive ketones (excluding diaryl/α,β-unsaturated/α-hetero) is 1. The molecule has 0 bridgehead atoms. The first-order valence-corrected chi connectivity index (χ1v) is 10.4. The molecule has 0 N–H and O–H groups in total. The van der Waals surface area contributed by atoms with E-state index in [1.807, 2.05) is 59.8 Å². The van der Waals surface area contributed by atoms with E-state index in [1.165, 1.54) is 0 Å². The summed E-state index contributed by atoms with van der Waals surface area (Å²) in [7, 11) is 0. The zero-order chi connectivity index (χ0) is 23.1. The van der Waals surface area contributed by atoms with Crippen molar-refractivity contribution in [2.45, 2.75) is 85.5 Å². The summed E-state index contributed by atoms with van der Waals surface area (Å²) < 4.78 is 10.8. The van der Waals surface area contributed by atoms with E-state index < -0.39 is 11.2 Å². The molecule has 0 radical (unpaired) electrons. The summed E-state index contributed by atoms with van der Waals surface area (Å²) in [5, 5.41) is 9.38. The van der Waals surface area contributed by atoms with Crippen LogP contribution in [-0.4, -0.2) is 29.1 Å². The van der Waals surface area contributed by atoms with Gasteiger partial charge < -0.3 is 9.47 Å². The van der Waals surface area contributed by atoms with E-state index in [4.69, 9.17) is 9.47 Å². The number of nitriles is 1. The minimum Gasteiger partial charge on any atom is -0.456 e. The minimum absolute atomic E-state index is 0.127. The normalized spacial score (nSPS) is 22.9. The summed E-state index contributed by atoms with van der Waals surface area (Å²) in [5.41, 5.74) is 0.172. The second-order valence-electron chi connectivity index (χ2n) is 8.96. The van der Waals surface area contributed by atoms with E-state index in [-0.39, 0.29) is 23.8 Å². The second-order valence-corrected chi connectivity index (χ2v) is 8.96. The number of allylic oxidation sites excluding steroid dienone is 5. The molecular weight excluding hydrogens is 378 g/mol. The summed E-state index contributed by atoms with van der Waals surface area (Å²) in [6.07, 6.45) is 10.4. The van der Waals surface area contributed by atoms with Gasteiger partial charge in [0.1, 0.15) is 17.8 Å². The number of carbonyl (C=O) groups is 2. The minimum atomic E-state index is -1.30. The van der Waals surface area contributed by atoms with Gasteiger partial charge in [-0.15, -0.1) is 0 Å². The Morgan fingerprint density at radius 3 is 2.33 bits per heavy atom. The summed E-state index contributed by atoms with van der Waals surface area (Å²) in [5.74, 6) is -0.455. The van der Waals surface area contributed by atoms with Crippen molar-refractivity contribution in [3.05, 3.63) is 47.1 Å². The molecule has 0 aromatic heterocycles. The van der Waals surface area contributed by atoms with Crippen LogP contribution in [0.2, 0.25) is 0 Å². The van der Waals surface area contributed by atoms with Gasteiger partial charge in [-0.3, -0.25) is 4.79 Å². The van der Waals surface area contributed by atoms with Crippen LogP contribution in [0.1, 0.15) is 68.2 Å². The molecule has 5 nitrogen and oxygen atoms in total. The predicted molar refractivity (Wildman–Crippen MR) is 119 cm³/mol. The van der Waals surface area contributed by atoms with Crippen LogP contribution in [-0.2, 0) is 19.1 Å². The Hall–Kier alpha value is -2.45. The second kappa shape index (κ2) is 10.5. The molecule has 5 heteroatoms. The highest BCUT2D eigenvalue weighted by Gasteiger charge is 2.64. The molecule has 1 aliphatic heterocycles. The topological polar surface area (TPSA) is 79.7 Å². The summed E-state index contributed by atoms with van der Waals surface area (Å²) >= 11 is 0. The molecule has 2 atom stereocenters. The molecule has 0 saturated carbocycles. The Balaban J connectivity index is 2.62. The monoisotopic (exact) mass is 413 g/mol. The SMILES string of the molecule is C\C=C(/C=C(C)/C=C/CC/C=C(\C)C(=O)[C@]1(C#N)O[C@@H]1C(C)C)C(=O)OC(C)(C)C. The molecular formula is C25H35NO4. The zero-order valence-electron chi connectivity index (χ0n) is 19.5. The summed E-state index contributed by atoms with van der Waals surface area (Å²) in [4.78, 5) is 24.8. The van der Waals surface area contributed by atoms with Gasteiger partial charge >= 0.3 is 5.97 Å². The van der Waals surface area contributed by atoms with E-state index in [1.54, 1.807) is 26.0 Å². The molecule has 0 aromatic carbocycles. The molecule has 164 valence electrons. The smallest absolute Gasteiger partial charge is 0.338 e. The van der Waals surface area contributed by atoms with Crippen molar-refractivity contribution in [2.24, 2.45) is 5.92 Å². The molecule has 30 heavy (non-hydrogen) atoms. The van der Waals surface area contributed by atoms with Crippen LogP contribution < -0.4 is 0 Å². The lowest BCUT2D eigenvalue weighted by Gasteiger charge is -2.19. The number of carbonyl (C=O) groups excluding carboxylic acids is 2. The van der Waals surface area contributed by atoms with Gasteiger partial charge in [-0.05, 0) is 72.0 Å². The van der Waals surface area contributed by atoms with Gasteiger partial charge in [0, 0.05) is 0 Å². The molecule has 0 aliphatic carbocycles. The highest BCUT2D eigenvalue weighted by molar-refractivity contribution is 6.06. The maximum Gasteiger partial charge on any atom is 0.338 e. The average molecular weight is 414 g/mol. The fourth-order valence-corrected chi connectivity index (χ4v) is 3.04. The van der Waals surface area contributed by atoms with Crippen molar-refractivity contribution in [3.63, 3.8) is 0 Å². The molecule has 0 spiro atoms. The number of ether oxygens (including phenoxy) is 2. The van der Waals surface area contributed by atoms with Crippen LogP contribution >= 0.6 is 0 Å². The number of unbranched alkanes of at least 4 members (excludes halogenated alkanes) is 1. The van der Waals surface area contributed by atoms with Gasteiger partial charge in [0.25, 0.3) is 0 Å². The molecule has 1 aliphatic rings. The van der Waals surface area contributed by atoms with Gasteiger partial charge in [0.15, 0.2) is 0 Å². The van der Waals surface area contributed by atoms with Gasteiger partial charge in [-0.25, -0.2) is 4.79 Å². The highest BCUT2D eigenvalue weighted by atomic mass is 16.6. The van der Waals surface area contributed by atoms with E-state index in [0.717, 1.165) is 12.0 Å². The van der Waals surface area contributed by atoms with Crippen LogP contribution in [0, 0.1) is 17.2 Å². The van der Waals surface area contributed by atoms with Crippen molar-refractivity contribution >= 4 is 11.8 Å². The number of esters is 1. The maximum absolute atomic E-state index is 12.6. The predicted octanol–water partition coefficient (Wildman–Crippen LogP) is 5.39. The highest BCUT2D eigenvalue weighted by Crippen LogP contribution is 2.43. The maximum atomic E-state index is 12.6. The van der Waals surface area contributed by atoms with E-state index in [2.05, 4.69) is 6.07 Å². The van der Waals surface area contributed by atoms with E-state index >= 15 is 0 Å². The Morgan fingerprint density at radius 1 is 1.23 bits per heavy atom. The van der Waals surface area contributed by atoms with Crippen LogP contribution in [0.5, 0.6) is 0 Å². The Kier molecular flexibility index (Phi) is 8.99. The lowest BCUT2D eigenvalue weighted by atomic mass is 9.90. The van der Waals surface area contributed by atoms with Gasteiger partial charge in [-0.1, -0.05) is 43.7 Å². The lowest BCUT2D eigenvalue weighted by Crippen LogP contribution is -2.28. The quantitative estimate of drug-likeness (QED) is 0.166. The van der Waals surface area contributed by atoms with Crippen molar-refractivity contribution in [1.29, 1.82) is 5.26 Å². The number of rotatable bonds is 9. The van der Waals surface area contributed by atoms with Crippen molar-refractivity contribution < 1.29 is 19.1 Å². The number of hydrogen-bond donors (Lipinski definition) is 0. The van der Waals surface area contributed by atoms with Crippen LogP contribution in [0.4, 0.5) is 0 Å². The Morgan fingerprint density at radius 2 is 1.87 bits per heavy atom. The van der Waals surface area contributed by atoms with E-state index in [9.17, 15) is 14.9 Å². The largest absolute Gasteiger partial charge is 0.456 e.